The molecule has 2 aromatic rings. The molecule has 1 heterocycles. The van der Waals surface area contributed by atoms with E-state index in [4.69, 9.17) is 16.3 Å². The van der Waals surface area contributed by atoms with Crippen LogP contribution in [0.4, 0.5) is 5.69 Å². The summed E-state index contributed by atoms with van der Waals surface area (Å²) in [5.41, 5.74) is 2.22. The summed E-state index contributed by atoms with van der Waals surface area (Å²) >= 11 is 5.87. The van der Waals surface area contributed by atoms with Gasteiger partial charge in [0.15, 0.2) is 0 Å². The van der Waals surface area contributed by atoms with E-state index >= 15 is 0 Å². The fourth-order valence-electron chi connectivity index (χ4n) is 2.87. The zero-order valence-electron chi connectivity index (χ0n) is 13.9. The Balaban J connectivity index is 1.60. The molecular weight excluding hydrogens is 340 g/mol. The number of hydrogen-bond acceptors (Lipinski definition) is 4. The fraction of sp³-hybridized carbons (Fsp3) is 0.263. The number of rotatable bonds is 3. The molecule has 2 aromatic carbocycles. The van der Waals surface area contributed by atoms with E-state index in [0.29, 0.717) is 29.2 Å². The Hall–Kier alpha value is -2.53. The highest BCUT2D eigenvalue weighted by molar-refractivity contribution is 6.30. The van der Waals surface area contributed by atoms with E-state index in [1.807, 2.05) is 17.0 Å². The first-order valence-electron chi connectivity index (χ1n) is 8.06. The normalized spacial score (nSPS) is 14.3. The molecule has 1 aliphatic rings. The van der Waals surface area contributed by atoms with Crippen LogP contribution in [-0.2, 0) is 4.74 Å². The van der Waals surface area contributed by atoms with Crippen LogP contribution in [0.25, 0.3) is 0 Å². The SMILES string of the molecule is COC(=O)c1ccc(N2CCN(C(=O)c3ccc(Cl)cc3)CC2)cc1. The lowest BCUT2D eigenvalue weighted by Crippen LogP contribution is -2.48. The van der Waals surface area contributed by atoms with Gasteiger partial charge < -0.3 is 14.5 Å². The average Bonchev–Trinajstić information content (AvgIpc) is 2.67. The van der Waals surface area contributed by atoms with Gasteiger partial charge in [-0.05, 0) is 48.5 Å². The summed E-state index contributed by atoms with van der Waals surface area (Å²) in [5, 5.41) is 0.622. The van der Waals surface area contributed by atoms with E-state index in [-0.39, 0.29) is 11.9 Å². The van der Waals surface area contributed by atoms with E-state index < -0.39 is 0 Å². The van der Waals surface area contributed by atoms with Crippen molar-refractivity contribution in [3.63, 3.8) is 0 Å². The topological polar surface area (TPSA) is 49.9 Å². The van der Waals surface area contributed by atoms with Crippen LogP contribution in [0.3, 0.4) is 0 Å². The van der Waals surface area contributed by atoms with Crippen LogP contribution in [0.1, 0.15) is 20.7 Å². The molecule has 0 unspecified atom stereocenters. The van der Waals surface area contributed by atoms with Crippen molar-refractivity contribution < 1.29 is 14.3 Å². The molecular formula is C19H19ClN2O3. The molecule has 0 radical (unpaired) electrons. The monoisotopic (exact) mass is 358 g/mol. The first kappa shape index (κ1) is 17.3. The average molecular weight is 359 g/mol. The molecule has 25 heavy (non-hydrogen) atoms. The number of carbonyl (C=O) groups excluding carboxylic acids is 2. The van der Waals surface area contributed by atoms with Gasteiger partial charge in [0, 0.05) is 42.5 Å². The molecule has 5 nitrogen and oxygen atoms in total. The predicted octanol–water partition coefficient (Wildman–Crippen LogP) is 3.09. The number of benzene rings is 2. The Labute approximate surface area is 151 Å². The minimum atomic E-state index is -0.343. The van der Waals surface area contributed by atoms with Crippen molar-refractivity contribution in [2.24, 2.45) is 0 Å². The Bertz CT molecular complexity index is 751. The molecule has 6 heteroatoms. The van der Waals surface area contributed by atoms with E-state index in [1.54, 1.807) is 36.4 Å². The molecule has 130 valence electrons. The lowest BCUT2D eigenvalue weighted by molar-refractivity contribution is 0.0600. The first-order valence-corrected chi connectivity index (χ1v) is 8.44. The van der Waals surface area contributed by atoms with Crippen LogP contribution in [0.15, 0.2) is 48.5 Å². The lowest BCUT2D eigenvalue weighted by atomic mass is 10.1. The summed E-state index contributed by atoms with van der Waals surface area (Å²) in [6.45, 7) is 2.80. The molecule has 1 aliphatic heterocycles. The quantitative estimate of drug-likeness (QED) is 0.791. The number of esters is 1. The number of piperazine rings is 1. The Morgan fingerprint density at radius 1 is 0.880 bits per heavy atom. The van der Waals surface area contributed by atoms with Crippen LogP contribution in [-0.4, -0.2) is 50.1 Å². The standard InChI is InChI=1S/C19H19ClN2O3/c1-25-19(24)15-4-8-17(9-5-15)21-10-12-22(13-11-21)18(23)14-2-6-16(20)7-3-14/h2-9H,10-13H2,1H3. The zero-order chi connectivity index (χ0) is 17.8. The van der Waals surface area contributed by atoms with Crippen molar-refractivity contribution >= 4 is 29.2 Å². The largest absolute Gasteiger partial charge is 0.465 e. The smallest absolute Gasteiger partial charge is 0.337 e. The number of amides is 1. The van der Waals surface area contributed by atoms with Crippen molar-refractivity contribution in [1.82, 2.24) is 4.90 Å². The highest BCUT2D eigenvalue weighted by Gasteiger charge is 2.22. The second kappa shape index (κ2) is 7.57. The van der Waals surface area contributed by atoms with Gasteiger partial charge in [0.2, 0.25) is 0 Å². The third kappa shape index (κ3) is 3.94. The molecule has 1 saturated heterocycles. The van der Waals surface area contributed by atoms with Crippen molar-refractivity contribution in [3.05, 3.63) is 64.7 Å². The number of anilines is 1. The van der Waals surface area contributed by atoms with Crippen LogP contribution in [0, 0.1) is 0 Å². The molecule has 0 aromatic heterocycles. The minimum absolute atomic E-state index is 0.0253. The summed E-state index contributed by atoms with van der Waals surface area (Å²) in [6, 6.07) is 14.3. The molecule has 1 fully saturated rings. The van der Waals surface area contributed by atoms with Crippen molar-refractivity contribution in [3.8, 4) is 0 Å². The van der Waals surface area contributed by atoms with Crippen LogP contribution >= 0.6 is 11.6 Å². The third-order valence-electron chi connectivity index (χ3n) is 4.31. The summed E-state index contributed by atoms with van der Waals surface area (Å²) in [5.74, 6) is -0.317. The summed E-state index contributed by atoms with van der Waals surface area (Å²) < 4.78 is 4.71. The van der Waals surface area contributed by atoms with Gasteiger partial charge in [-0.2, -0.15) is 0 Å². The summed E-state index contributed by atoms with van der Waals surface area (Å²) in [6.07, 6.45) is 0. The first-order chi connectivity index (χ1) is 12.1. The summed E-state index contributed by atoms with van der Waals surface area (Å²) in [7, 11) is 1.37. The van der Waals surface area contributed by atoms with E-state index in [2.05, 4.69) is 4.90 Å². The second-order valence-corrected chi connectivity index (χ2v) is 6.26. The Morgan fingerprint density at radius 3 is 2.00 bits per heavy atom. The van der Waals surface area contributed by atoms with E-state index in [9.17, 15) is 9.59 Å². The predicted molar refractivity (Wildman–Crippen MR) is 97.4 cm³/mol. The van der Waals surface area contributed by atoms with Gasteiger partial charge in [-0.1, -0.05) is 11.6 Å². The van der Waals surface area contributed by atoms with Gasteiger partial charge in [0.05, 0.1) is 12.7 Å². The highest BCUT2D eigenvalue weighted by Crippen LogP contribution is 2.19. The van der Waals surface area contributed by atoms with Gasteiger partial charge in [0.25, 0.3) is 5.91 Å². The van der Waals surface area contributed by atoms with Gasteiger partial charge >= 0.3 is 5.97 Å². The second-order valence-electron chi connectivity index (χ2n) is 5.82. The molecule has 0 aliphatic carbocycles. The summed E-state index contributed by atoms with van der Waals surface area (Å²) in [4.78, 5) is 28.1. The van der Waals surface area contributed by atoms with E-state index in [1.165, 1.54) is 7.11 Å². The zero-order valence-corrected chi connectivity index (χ0v) is 14.7. The number of nitrogens with zero attached hydrogens (tertiary/aromatic N) is 2. The van der Waals surface area contributed by atoms with Crippen LogP contribution in [0.2, 0.25) is 5.02 Å². The van der Waals surface area contributed by atoms with Gasteiger partial charge in [-0.15, -0.1) is 0 Å². The number of carbonyl (C=O) groups is 2. The molecule has 1 amide bonds. The van der Waals surface area contributed by atoms with Crippen molar-refractivity contribution in [1.29, 1.82) is 0 Å². The Kier molecular flexibility index (Phi) is 5.24. The van der Waals surface area contributed by atoms with Gasteiger partial charge in [0.1, 0.15) is 0 Å². The number of ether oxygens (including phenoxy) is 1. The van der Waals surface area contributed by atoms with Crippen molar-refractivity contribution in [2.45, 2.75) is 0 Å². The maximum Gasteiger partial charge on any atom is 0.337 e. The maximum absolute atomic E-state index is 12.5. The molecule has 3 rings (SSSR count). The van der Waals surface area contributed by atoms with Gasteiger partial charge in [-0.25, -0.2) is 4.79 Å². The molecule has 0 spiro atoms. The number of methoxy groups -OCH3 is 1. The number of halogens is 1. The van der Waals surface area contributed by atoms with Crippen LogP contribution in [0.5, 0.6) is 0 Å². The van der Waals surface area contributed by atoms with Gasteiger partial charge in [-0.3, -0.25) is 4.79 Å². The molecule has 0 saturated carbocycles. The minimum Gasteiger partial charge on any atom is -0.465 e. The van der Waals surface area contributed by atoms with E-state index in [0.717, 1.165) is 18.8 Å². The molecule has 0 bridgehead atoms. The molecule has 0 atom stereocenters. The third-order valence-corrected chi connectivity index (χ3v) is 4.56. The molecule has 0 N–H and O–H groups in total. The maximum atomic E-state index is 12.5. The fourth-order valence-corrected chi connectivity index (χ4v) is 2.99. The Morgan fingerprint density at radius 2 is 1.44 bits per heavy atom. The van der Waals surface area contributed by atoms with Crippen LogP contribution < -0.4 is 4.90 Å². The highest BCUT2D eigenvalue weighted by atomic mass is 35.5. The van der Waals surface area contributed by atoms with Crippen molar-refractivity contribution in [2.75, 3.05) is 38.2 Å². The number of hydrogen-bond donors (Lipinski definition) is 0. The lowest BCUT2D eigenvalue weighted by Gasteiger charge is -2.36.